The summed E-state index contributed by atoms with van der Waals surface area (Å²) >= 11 is 3.37. The number of nitriles is 2. The molecule has 11 nitrogen and oxygen atoms in total. The fraction of sp³-hybridized carbons (Fsp3) is 0.167. The van der Waals surface area contributed by atoms with Crippen LogP contribution in [0.1, 0.15) is 29.7 Å². The highest BCUT2D eigenvalue weighted by Crippen LogP contribution is 2.44. The molecule has 1 aliphatic heterocycles. The first-order valence-corrected chi connectivity index (χ1v) is 9.14. The second-order valence-electron chi connectivity index (χ2n) is 6.03. The zero-order valence-electron chi connectivity index (χ0n) is 15.8. The van der Waals surface area contributed by atoms with Gasteiger partial charge in [-0.25, -0.2) is 9.98 Å². The van der Waals surface area contributed by atoms with Crippen molar-refractivity contribution in [1.82, 2.24) is 10.3 Å². The van der Waals surface area contributed by atoms with E-state index in [9.17, 15) is 10.1 Å². The number of esters is 1. The molecule has 3 rings (SSSR count). The van der Waals surface area contributed by atoms with E-state index in [1.54, 1.807) is 18.3 Å². The SMILES string of the molecule is COc1cc(C2N=C(NC#N)Nc3nc(N)c(C#N)c(N)c32)cc(Br)c1OC(C)=O. The number of rotatable bonds is 3. The number of carbonyl (C=O) groups excluding carboxylic acids is 1. The summed E-state index contributed by atoms with van der Waals surface area (Å²) < 4.78 is 11.0. The standard InChI is InChI=1S/C18H15BrN8O3/c1-7(28)30-15-10(19)3-8(4-11(15)29-2)14-12-13(22)9(5-20)16(23)26-17(12)27-18(25-14)24-6-21/h3-4,14H,1-2H3,(H6,22,23,24,25,26,27). The molecule has 6 N–H and O–H groups in total. The molecule has 30 heavy (non-hydrogen) atoms. The number of aliphatic imine (C=N–C) groups is 1. The Balaban J connectivity index is 2.25. The summed E-state index contributed by atoms with van der Waals surface area (Å²) in [6.07, 6.45) is 1.78. The minimum absolute atomic E-state index is 0.0232. The van der Waals surface area contributed by atoms with Gasteiger partial charge in [-0.1, -0.05) is 0 Å². The third-order valence-corrected chi connectivity index (χ3v) is 4.76. The maximum atomic E-state index is 11.4. The van der Waals surface area contributed by atoms with Crippen molar-refractivity contribution in [2.45, 2.75) is 13.0 Å². The number of guanidine groups is 1. The van der Waals surface area contributed by atoms with E-state index in [-0.39, 0.29) is 40.3 Å². The summed E-state index contributed by atoms with van der Waals surface area (Å²) in [6, 6.07) is 4.44. The van der Waals surface area contributed by atoms with Crippen molar-refractivity contribution in [3.63, 3.8) is 0 Å². The van der Waals surface area contributed by atoms with Crippen molar-refractivity contribution in [3.05, 3.63) is 33.3 Å². The van der Waals surface area contributed by atoms with Crippen LogP contribution in [0.15, 0.2) is 21.6 Å². The molecular formula is C18H15BrN8O3. The van der Waals surface area contributed by atoms with Gasteiger partial charge in [0.2, 0.25) is 5.96 Å². The number of nitrogens with zero attached hydrogens (tertiary/aromatic N) is 4. The van der Waals surface area contributed by atoms with E-state index < -0.39 is 12.0 Å². The van der Waals surface area contributed by atoms with Gasteiger partial charge in [-0.3, -0.25) is 10.1 Å². The highest BCUT2D eigenvalue weighted by atomic mass is 79.9. The number of pyridine rings is 1. The molecule has 12 heteroatoms. The minimum atomic E-state index is -0.770. The van der Waals surface area contributed by atoms with E-state index in [0.717, 1.165) is 0 Å². The number of nitrogens with one attached hydrogen (secondary N) is 2. The Morgan fingerprint density at radius 3 is 2.70 bits per heavy atom. The Morgan fingerprint density at radius 1 is 1.37 bits per heavy atom. The first-order valence-electron chi connectivity index (χ1n) is 8.35. The zero-order chi connectivity index (χ0) is 22.0. The molecule has 2 aromatic rings. The summed E-state index contributed by atoms with van der Waals surface area (Å²) in [6.45, 7) is 1.27. The number of aromatic nitrogens is 1. The first kappa shape index (κ1) is 20.7. The molecule has 0 fully saturated rings. The summed E-state index contributed by atoms with van der Waals surface area (Å²) in [4.78, 5) is 20.1. The normalized spacial score (nSPS) is 14.3. The fourth-order valence-electron chi connectivity index (χ4n) is 2.96. The van der Waals surface area contributed by atoms with Crippen molar-refractivity contribution in [2.75, 3.05) is 23.9 Å². The maximum absolute atomic E-state index is 11.4. The van der Waals surface area contributed by atoms with E-state index in [0.29, 0.717) is 15.6 Å². The van der Waals surface area contributed by atoms with Gasteiger partial charge in [-0.15, -0.1) is 0 Å². The minimum Gasteiger partial charge on any atom is -0.493 e. The van der Waals surface area contributed by atoms with Gasteiger partial charge in [0.05, 0.1) is 17.3 Å². The number of ether oxygens (including phenoxy) is 2. The second-order valence-corrected chi connectivity index (χ2v) is 6.88. The van der Waals surface area contributed by atoms with Crippen molar-refractivity contribution in [2.24, 2.45) is 4.99 Å². The van der Waals surface area contributed by atoms with Crippen LogP contribution in [0, 0.1) is 22.8 Å². The fourth-order valence-corrected chi connectivity index (χ4v) is 3.50. The quantitative estimate of drug-likeness (QED) is 0.223. The average Bonchev–Trinajstić information content (AvgIpc) is 2.68. The number of fused-ring (bicyclic) bond motifs is 1. The van der Waals surface area contributed by atoms with Gasteiger partial charge in [0, 0.05) is 12.5 Å². The lowest BCUT2D eigenvalue weighted by atomic mass is 9.95. The average molecular weight is 471 g/mol. The third-order valence-electron chi connectivity index (χ3n) is 4.17. The number of nitrogens with two attached hydrogens (primary N) is 2. The molecule has 1 aromatic carbocycles. The van der Waals surface area contributed by atoms with E-state index in [2.05, 4.69) is 36.5 Å². The maximum Gasteiger partial charge on any atom is 0.308 e. The largest absolute Gasteiger partial charge is 0.493 e. The van der Waals surface area contributed by atoms with Gasteiger partial charge in [0.15, 0.2) is 17.7 Å². The molecule has 0 radical (unpaired) electrons. The Hall–Kier alpha value is -4.03. The van der Waals surface area contributed by atoms with Crippen LogP contribution in [0.5, 0.6) is 11.5 Å². The number of benzene rings is 1. The van der Waals surface area contributed by atoms with Gasteiger partial charge >= 0.3 is 5.97 Å². The highest BCUT2D eigenvalue weighted by molar-refractivity contribution is 9.10. The predicted molar refractivity (Wildman–Crippen MR) is 111 cm³/mol. The lowest BCUT2D eigenvalue weighted by Crippen LogP contribution is -2.32. The lowest BCUT2D eigenvalue weighted by Gasteiger charge is -2.26. The van der Waals surface area contributed by atoms with Gasteiger partial charge in [0.25, 0.3) is 0 Å². The highest BCUT2D eigenvalue weighted by Gasteiger charge is 2.31. The van der Waals surface area contributed by atoms with E-state index in [1.807, 2.05) is 6.07 Å². The summed E-state index contributed by atoms with van der Waals surface area (Å²) in [5.74, 6) is 0.258. The van der Waals surface area contributed by atoms with Gasteiger partial charge in [-0.2, -0.15) is 10.5 Å². The smallest absolute Gasteiger partial charge is 0.308 e. The first-order chi connectivity index (χ1) is 14.3. The van der Waals surface area contributed by atoms with Crippen LogP contribution in [0.2, 0.25) is 0 Å². The van der Waals surface area contributed by atoms with E-state index in [1.165, 1.54) is 14.0 Å². The Morgan fingerprint density at radius 2 is 2.10 bits per heavy atom. The number of anilines is 3. The van der Waals surface area contributed by atoms with Crippen LogP contribution in [-0.4, -0.2) is 24.0 Å². The molecule has 0 bridgehead atoms. The molecule has 2 heterocycles. The van der Waals surface area contributed by atoms with Crippen LogP contribution in [-0.2, 0) is 4.79 Å². The number of methoxy groups -OCH3 is 1. The molecule has 0 aliphatic carbocycles. The van der Waals surface area contributed by atoms with E-state index in [4.69, 9.17) is 26.2 Å². The molecule has 0 spiro atoms. The Kier molecular flexibility index (Phi) is 5.62. The van der Waals surface area contributed by atoms with Crippen LogP contribution in [0.4, 0.5) is 17.3 Å². The molecule has 0 saturated heterocycles. The van der Waals surface area contributed by atoms with Crippen LogP contribution in [0.25, 0.3) is 0 Å². The topological polar surface area (TPSA) is 184 Å². The number of hydrogen-bond acceptors (Lipinski definition) is 11. The summed E-state index contributed by atoms with van der Waals surface area (Å²) in [5.41, 5.74) is 13.2. The molecular weight excluding hydrogens is 456 g/mol. The molecule has 1 unspecified atom stereocenters. The summed E-state index contributed by atoms with van der Waals surface area (Å²) in [5, 5.41) is 23.6. The second kappa shape index (κ2) is 8.14. The third kappa shape index (κ3) is 3.64. The molecule has 1 aromatic heterocycles. The predicted octanol–water partition coefficient (Wildman–Crippen LogP) is 1.76. The Bertz CT molecular complexity index is 1170. The van der Waals surface area contributed by atoms with Crippen molar-refractivity contribution < 1.29 is 14.3 Å². The number of nitrogen functional groups attached to an aromatic ring is 2. The van der Waals surface area contributed by atoms with Crippen LogP contribution < -0.4 is 31.6 Å². The van der Waals surface area contributed by atoms with Gasteiger partial charge < -0.3 is 26.3 Å². The molecule has 0 amide bonds. The van der Waals surface area contributed by atoms with Crippen molar-refractivity contribution in [3.8, 4) is 23.8 Å². The monoisotopic (exact) mass is 470 g/mol. The van der Waals surface area contributed by atoms with E-state index >= 15 is 0 Å². The lowest BCUT2D eigenvalue weighted by molar-refractivity contribution is -0.132. The zero-order valence-corrected chi connectivity index (χ0v) is 17.4. The van der Waals surface area contributed by atoms with Crippen molar-refractivity contribution >= 4 is 45.2 Å². The Labute approximate surface area is 179 Å². The van der Waals surface area contributed by atoms with Gasteiger partial charge in [-0.05, 0) is 33.6 Å². The van der Waals surface area contributed by atoms with Crippen molar-refractivity contribution in [1.29, 1.82) is 10.5 Å². The molecule has 152 valence electrons. The molecule has 1 aliphatic rings. The van der Waals surface area contributed by atoms with Gasteiger partial charge in [0.1, 0.15) is 29.3 Å². The number of carbonyl (C=O) groups is 1. The van der Waals surface area contributed by atoms with Crippen LogP contribution in [0.3, 0.4) is 0 Å². The summed E-state index contributed by atoms with van der Waals surface area (Å²) in [7, 11) is 1.42. The van der Waals surface area contributed by atoms with Crippen LogP contribution >= 0.6 is 15.9 Å². The molecule has 0 saturated carbocycles. The molecule has 1 atom stereocenters. The number of halogens is 1. The number of hydrogen-bond donors (Lipinski definition) is 4.